The van der Waals surface area contributed by atoms with Crippen molar-refractivity contribution in [3.63, 3.8) is 0 Å². The average Bonchev–Trinajstić information content (AvgIpc) is 2.66. The van der Waals surface area contributed by atoms with Crippen LogP contribution in [-0.4, -0.2) is 45.0 Å². The number of nitrogens with one attached hydrogen (secondary N) is 1. The number of nitrogens with zero attached hydrogens (tertiary/aromatic N) is 1. The Hall–Kier alpha value is -0.850. The molecular formula is C12H20N2O3S. The van der Waals surface area contributed by atoms with Crippen LogP contribution in [0.15, 0.2) is 16.7 Å². The van der Waals surface area contributed by atoms with Crippen molar-refractivity contribution < 1.29 is 12.8 Å². The third kappa shape index (κ3) is 3.57. The van der Waals surface area contributed by atoms with Gasteiger partial charge in [-0.2, -0.15) is 0 Å². The van der Waals surface area contributed by atoms with Gasteiger partial charge in [-0.3, -0.25) is 4.90 Å². The first-order valence-electron chi connectivity index (χ1n) is 6.23. The molecule has 0 bridgehead atoms. The van der Waals surface area contributed by atoms with Crippen LogP contribution in [0.4, 0.5) is 0 Å². The minimum atomic E-state index is -2.83. The van der Waals surface area contributed by atoms with Gasteiger partial charge in [0.05, 0.1) is 24.3 Å². The van der Waals surface area contributed by atoms with Crippen LogP contribution in [0.5, 0.6) is 0 Å². The lowest BCUT2D eigenvalue weighted by molar-refractivity contribution is 0.284. The Morgan fingerprint density at radius 1 is 1.39 bits per heavy atom. The van der Waals surface area contributed by atoms with E-state index in [1.807, 2.05) is 13.1 Å². The summed E-state index contributed by atoms with van der Waals surface area (Å²) in [6.07, 6.45) is 2.41. The highest BCUT2D eigenvalue weighted by Gasteiger charge is 2.20. The van der Waals surface area contributed by atoms with Gasteiger partial charge in [0.25, 0.3) is 0 Å². The third-order valence-electron chi connectivity index (χ3n) is 3.22. The van der Waals surface area contributed by atoms with E-state index in [4.69, 9.17) is 4.42 Å². The monoisotopic (exact) mass is 272 g/mol. The normalized spacial score (nSPS) is 20.7. The second-order valence-electron chi connectivity index (χ2n) is 4.68. The predicted octanol–water partition coefficient (Wildman–Crippen LogP) is 0.620. The summed E-state index contributed by atoms with van der Waals surface area (Å²) in [5.74, 6) is 1.52. The molecular weight excluding hydrogens is 252 g/mol. The zero-order chi connectivity index (χ0) is 13.0. The van der Waals surface area contributed by atoms with Crippen LogP contribution >= 0.6 is 0 Å². The zero-order valence-electron chi connectivity index (χ0n) is 10.7. The largest absolute Gasteiger partial charge is 0.468 e. The van der Waals surface area contributed by atoms with Gasteiger partial charge in [0.2, 0.25) is 0 Å². The maximum atomic E-state index is 11.5. The molecule has 0 radical (unpaired) electrons. The highest BCUT2D eigenvalue weighted by Crippen LogP contribution is 2.15. The summed E-state index contributed by atoms with van der Waals surface area (Å²) in [5, 5.41) is 3.07. The van der Waals surface area contributed by atoms with E-state index < -0.39 is 9.84 Å². The van der Waals surface area contributed by atoms with Gasteiger partial charge in [0.15, 0.2) is 9.84 Å². The van der Waals surface area contributed by atoms with Crippen molar-refractivity contribution in [1.29, 1.82) is 0 Å². The predicted molar refractivity (Wildman–Crippen MR) is 70.0 cm³/mol. The van der Waals surface area contributed by atoms with E-state index in [0.717, 1.165) is 30.8 Å². The Morgan fingerprint density at radius 2 is 2.22 bits per heavy atom. The number of hydrogen-bond acceptors (Lipinski definition) is 5. The van der Waals surface area contributed by atoms with Crippen molar-refractivity contribution in [1.82, 2.24) is 10.2 Å². The van der Waals surface area contributed by atoms with Crippen molar-refractivity contribution in [2.45, 2.75) is 19.5 Å². The van der Waals surface area contributed by atoms with Crippen LogP contribution < -0.4 is 5.32 Å². The molecule has 1 fully saturated rings. The van der Waals surface area contributed by atoms with Gasteiger partial charge in [-0.15, -0.1) is 0 Å². The van der Waals surface area contributed by atoms with Gasteiger partial charge in [-0.05, 0) is 26.1 Å². The van der Waals surface area contributed by atoms with Crippen LogP contribution in [0.2, 0.25) is 0 Å². The molecule has 0 saturated carbocycles. The fraction of sp³-hybridized carbons (Fsp3) is 0.667. The molecule has 0 spiro atoms. The first kappa shape index (κ1) is 13.6. The van der Waals surface area contributed by atoms with Crippen molar-refractivity contribution in [3.8, 4) is 0 Å². The maximum Gasteiger partial charge on any atom is 0.151 e. The molecule has 1 aromatic rings. The SMILES string of the molecule is CNCc1occc1CN1CCCS(=O)(=O)CC1. The quantitative estimate of drug-likeness (QED) is 0.870. The summed E-state index contributed by atoms with van der Waals surface area (Å²) in [5.41, 5.74) is 1.14. The van der Waals surface area contributed by atoms with Crippen molar-refractivity contribution in [2.75, 3.05) is 31.6 Å². The van der Waals surface area contributed by atoms with Crippen molar-refractivity contribution in [2.24, 2.45) is 0 Å². The zero-order valence-corrected chi connectivity index (χ0v) is 11.5. The van der Waals surface area contributed by atoms with Crippen molar-refractivity contribution >= 4 is 9.84 Å². The molecule has 18 heavy (non-hydrogen) atoms. The molecule has 0 aromatic carbocycles. The number of furan rings is 1. The molecule has 1 aromatic heterocycles. The fourth-order valence-corrected chi connectivity index (χ4v) is 3.52. The van der Waals surface area contributed by atoms with E-state index in [1.165, 1.54) is 0 Å². The summed E-state index contributed by atoms with van der Waals surface area (Å²) in [6.45, 7) is 2.92. The van der Waals surface area contributed by atoms with Gasteiger partial charge >= 0.3 is 0 Å². The topological polar surface area (TPSA) is 62.6 Å². The molecule has 0 amide bonds. The van der Waals surface area contributed by atoms with Crippen LogP contribution in [0.25, 0.3) is 0 Å². The second-order valence-corrected chi connectivity index (χ2v) is 6.98. The average molecular weight is 272 g/mol. The highest BCUT2D eigenvalue weighted by molar-refractivity contribution is 7.91. The van der Waals surface area contributed by atoms with Gasteiger partial charge < -0.3 is 9.73 Å². The number of sulfone groups is 1. The van der Waals surface area contributed by atoms with Gasteiger partial charge in [0.1, 0.15) is 5.76 Å². The van der Waals surface area contributed by atoms with E-state index in [1.54, 1.807) is 6.26 Å². The van der Waals surface area contributed by atoms with E-state index in [9.17, 15) is 8.42 Å². The molecule has 6 heteroatoms. The molecule has 1 N–H and O–H groups in total. The molecule has 2 heterocycles. The van der Waals surface area contributed by atoms with Gasteiger partial charge in [-0.25, -0.2) is 8.42 Å². The van der Waals surface area contributed by atoms with Crippen LogP contribution in [0.3, 0.4) is 0 Å². The number of hydrogen-bond donors (Lipinski definition) is 1. The minimum Gasteiger partial charge on any atom is -0.468 e. The lowest BCUT2D eigenvalue weighted by Gasteiger charge is -2.18. The summed E-state index contributed by atoms with van der Waals surface area (Å²) in [7, 11) is -0.949. The van der Waals surface area contributed by atoms with Gasteiger partial charge in [-0.1, -0.05) is 0 Å². The standard InChI is InChI=1S/C12H20N2O3S/c1-13-9-12-11(3-6-17-12)10-14-4-2-7-18(15,16)8-5-14/h3,6,13H,2,4-5,7-10H2,1H3. The molecule has 1 saturated heterocycles. The molecule has 102 valence electrons. The molecule has 1 aliphatic heterocycles. The second kappa shape index (κ2) is 5.86. The summed E-state index contributed by atoms with van der Waals surface area (Å²) in [6, 6.07) is 1.96. The van der Waals surface area contributed by atoms with E-state index >= 15 is 0 Å². The molecule has 0 aliphatic carbocycles. The maximum absolute atomic E-state index is 11.5. The van der Waals surface area contributed by atoms with E-state index in [2.05, 4.69) is 10.2 Å². The summed E-state index contributed by atoms with van der Waals surface area (Å²) >= 11 is 0. The minimum absolute atomic E-state index is 0.270. The summed E-state index contributed by atoms with van der Waals surface area (Å²) in [4.78, 5) is 2.19. The Morgan fingerprint density at radius 3 is 3.00 bits per heavy atom. The third-order valence-corrected chi connectivity index (χ3v) is 4.93. The van der Waals surface area contributed by atoms with Crippen LogP contribution in [-0.2, 0) is 22.9 Å². The first-order chi connectivity index (χ1) is 8.61. The Kier molecular flexibility index (Phi) is 4.42. The molecule has 1 aliphatic rings. The number of rotatable bonds is 4. The lowest BCUT2D eigenvalue weighted by atomic mass is 10.2. The Balaban J connectivity index is 1.98. The van der Waals surface area contributed by atoms with Crippen molar-refractivity contribution in [3.05, 3.63) is 23.7 Å². The lowest BCUT2D eigenvalue weighted by Crippen LogP contribution is -2.27. The van der Waals surface area contributed by atoms with E-state index in [0.29, 0.717) is 18.8 Å². The molecule has 5 nitrogen and oxygen atoms in total. The summed E-state index contributed by atoms with van der Waals surface area (Å²) < 4.78 is 28.5. The molecule has 0 atom stereocenters. The Bertz CT molecular complexity index is 481. The highest BCUT2D eigenvalue weighted by atomic mass is 32.2. The smallest absolute Gasteiger partial charge is 0.151 e. The first-order valence-corrected chi connectivity index (χ1v) is 8.05. The van der Waals surface area contributed by atoms with Crippen LogP contribution in [0, 0.1) is 0 Å². The molecule has 2 rings (SSSR count). The molecule has 0 unspecified atom stereocenters. The Labute approximate surface area is 108 Å². The van der Waals surface area contributed by atoms with E-state index in [-0.39, 0.29) is 5.75 Å². The fourth-order valence-electron chi connectivity index (χ4n) is 2.21. The van der Waals surface area contributed by atoms with Gasteiger partial charge in [0, 0.05) is 18.7 Å². The van der Waals surface area contributed by atoms with Crippen LogP contribution in [0.1, 0.15) is 17.7 Å².